The van der Waals surface area contributed by atoms with Crippen molar-refractivity contribution in [1.29, 1.82) is 0 Å². The van der Waals surface area contributed by atoms with E-state index in [1.807, 2.05) is 5.32 Å². The van der Waals surface area contributed by atoms with Crippen molar-refractivity contribution in [3.05, 3.63) is 22.4 Å². The molecule has 1 heterocycles. The number of rotatable bonds is 5. The molecule has 1 unspecified atom stereocenters. The summed E-state index contributed by atoms with van der Waals surface area (Å²) in [5.41, 5.74) is 0. The maximum absolute atomic E-state index is 12.0. The second kappa shape index (κ2) is 6.71. The highest BCUT2D eigenvalue weighted by Gasteiger charge is 2.38. The molecule has 0 aromatic carbocycles. The summed E-state index contributed by atoms with van der Waals surface area (Å²) in [6.07, 6.45) is -7.41. The van der Waals surface area contributed by atoms with Gasteiger partial charge in [-0.2, -0.15) is 13.2 Å². The zero-order valence-electron chi connectivity index (χ0n) is 10.5. The third-order valence-corrected chi connectivity index (χ3v) is 3.19. The Morgan fingerprint density at radius 1 is 1.50 bits per heavy atom. The minimum atomic E-state index is -4.79. The lowest BCUT2D eigenvalue weighted by atomic mass is 10.3. The Kier molecular flexibility index (Phi) is 5.52. The molecule has 0 saturated heterocycles. The number of hydrogen-bond acceptors (Lipinski definition) is 4. The number of carbonyl (C=O) groups excluding carboxylic acids is 2. The highest BCUT2D eigenvalue weighted by molar-refractivity contribution is 7.12. The highest BCUT2D eigenvalue weighted by atomic mass is 32.1. The molecule has 1 aromatic rings. The molecule has 0 spiro atoms. The van der Waals surface area contributed by atoms with E-state index < -0.39 is 30.6 Å². The van der Waals surface area contributed by atoms with Crippen LogP contribution in [-0.4, -0.2) is 54.2 Å². The van der Waals surface area contributed by atoms with Crippen LogP contribution in [0.3, 0.4) is 0 Å². The van der Waals surface area contributed by atoms with Crippen LogP contribution in [0.25, 0.3) is 0 Å². The molecule has 0 fully saturated rings. The summed E-state index contributed by atoms with van der Waals surface area (Å²) in [7, 11) is 1.36. The van der Waals surface area contributed by atoms with Crippen LogP contribution < -0.4 is 5.32 Å². The number of nitrogens with one attached hydrogen (secondary N) is 1. The van der Waals surface area contributed by atoms with Crippen molar-refractivity contribution in [2.45, 2.75) is 12.3 Å². The number of carbonyl (C=O) groups is 2. The molecular weight excluding hydrogens is 297 g/mol. The van der Waals surface area contributed by atoms with E-state index >= 15 is 0 Å². The molecular formula is C11H13F3N2O3S. The van der Waals surface area contributed by atoms with E-state index in [0.29, 0.717) is 4.88 Å². The van der Waals surface area contributed by atoms with Gasteiger partial charge in [0.1, 0.15) is 0 Å². The molecule has 2 N–H and O–H groups in total. The summed E-state index contributed by atoms with van der Waals surface area (Å²) in [6, 6.07) is 3.25. The first kappa shape index (κ1) is 16.4. The van der Waals surface area contributed by atoms with Crippen LogP contribution in [0.4, 0.5) is 13.2 Å². The Bertz CT molecular complexity index is 462. The predicted octanol–water partition coefficient (Wildman–Crippen LogP) is 0.859. The molecule has 0 aliphatic rings. The molecule has 20 heavy (non-hydrogen) atoms. The van der Waals surface area contributed by atoms with Crippen molar-refractivity contribution in [3.63, 3.8) is 0 Å². The Hall–Kier alpha value is -1.61. The molecule has 0 aliphatic carbocycles. The monoisotopic (exact) mass is 310 g/mol. The van der Waals surface area contributed by atoms with Crippen LogP contribution in [0, 0.1) is 0 Å². The number of likely N-dealkylation sites (N-methyl/N-ethyl adjacent to an activating group) is 1. The fourth-order valence-electron chi connectivity index (χ4n) is 1.26. The summed E-state index contributed by atoms with van der Waals surface area (Å²) in [5, 5.41) is 12.3. The van der Waals surface area contributed by atoms with Gasteiger partial charge in [-0.15, -0.1) is 11.3 Å². The molecule has 9 heteroatoms. The number of hydrogen-bond donors (Lipinski definition) is 2. The lowest BCUT2D eigenvalue weighted by Crippen LogP contribution is -2.44. The SMILES string of the molecule is CN(CC(=O)NCC(O)C(F)(F)F)C(=O)c1cccs1. The number of halogens is 3. The third kappa shape index (κ3) is 4.82. The fraction of sp³-hybridized carbons (Fsp3) is 0.455. The van der Waals surface area contributed by atoms with Crippen molar-refractivity contribution in [1.82, 2.24) is 10.2 Å². The minimum absolute atomic E-state index is 0.388. The van der Waals surface area contributed by atoms with Gasteiger partial charge in [0.15, 0.2) is 6.10 Å². The lowest BCUT2D eigenvalue weighted by Gasteiger charge is -2.18. The van der Waals surface area contributed by atoms with Gasteiger partial charge in [-0.3, -0.25) is 9.59 Å². The smallest absolute Gasteiger partial charge is 0.382 e. The van der Waals surface area contributed by atoms with Gasteiger partial charge in [-0.05, 0) is 11.4 Å². The van der Waals surface area contributed by atoms with Crippen molar-refractivity contribution in [2.24, 2.45) is 0 Å². The van der Waals surface area contributed by atoms with Gasteiger partial charge in [0, 0.05) is 7.05 Å². The molecule has 1 atom stereocenters. The molecule has 0 saturated carbocycles. The van der Waals surface area contributed by atoms with Crippen LogP contribution in [0.5, 0.6) is 0 Å². The van der Waals surface area contributed by atoms with Crippen molar-refractivity contribution in [3.8, 4) is 0 Å². The Morgan fingerprint density at radius 3 is 2.65 bits per heavy atom. The standard InChI is InChI=1S/C11H13F3N2O3S/c1-16(10(19)7-3-2-4-20-7)6-9(18)15-5-8(17)11(12,13)14/h2-4,8,17H,5-6H2,1H3,(H,15,18). The first-order valence-corrected chi connectivity index (χ1v) is 6.40. The van der Waals surface area contributed by atoms with Crippen LogP contribution in [0.1, 0.15) is 9.67 Å². The average Bonchev–Trinajstić information content (AvgIpc) is 2.87. The quantitative estimate of drug-likeness (QED) is 0.847. The van der Waals surface area contributed by atoms with Gasteiger partial charge in [-0.1, -0.05) is 6.07 Å². The largest absolute Gasteiger partial charge is 0.416 e. The molecule has 2 amide bonds. The molecule has 0 bridgehead atoms. The zero-order chi connectivity index (χ0) is 15.3. The van der Waals surface area contributed by atoms with Crippen LogP contribution >= 0.6 is 11.3 Å². The molecule has 5 nitrogen and oxygen atoms in total. The van der Waals surface area contributed by atoms with Gasteiger partial charge >= 0.3 is 6.18 Å². The number of amides is 2. The van der Waals surface area contributed by atoms with E-state index in [9.17, 15) is 22.8 Å². The molecule has 0 aliphatic heterocycles. The predicted molar refractivity (Wildman–Crippen MR) is 66.4 cm³/mol. The molecule has 1 aromatic heterocycles. The van der Waals surface area contributed by atoms with E-state index in [0.717, 1.165) is 4.90 Å². The number of alkyl halides is 3. The van der Waals surface area contributed by atoms with Gasteiger partial charge < -0.3 is 15.3 Å². The molecule has 0 radical (unpaired) electrons. The summed E-state index contributed by atoms with van der Waals surface area (Å²) < 4.78 is 36.0. The van der Waals surface area contributed by atoms with E-state index in [1.54, 1.807) is 17.5 Å². The second-order valence-corrected chi connectivity index (χ2v) is 4.95. The maximum Gasteiger partial charge on any atom is 0.416 e. The Balaban J connectivity index is 2.41. The van der Waals surface area contributed by atoms with E-state index in [4.69, 9.17) is 5.11 Å². The number of nitrogens with zero attached hydrogens (tertiary/aromatic N) is 1. The lowest BCUT2D eigenvalue weighted by molar-refractivity contribution is -0.201. The van der Waals surface area contributed by atoms with E-state index in [2.05, 4.69) is 0 Å². The highest BCUT2D eigenvalue weighted by Crippen LogP contribution is 2.19. The summed E-state index contributed by atoms with van der Waals surface area (Å²) in [6.45, 7) is -1.33. The van der Waals surface area contributed by atoms with Crippen molar-refractivity contribution < 1.29 is 27.9 Å². The number of aliphatic hydroxyl groups is 1. The topological polar surface area (TPSA) is 69.6 Å². The first-order valence-electron chi connectivity index (χ1n) is 5.52. The molecule has 1 rings (SSSR count). The summed E-state index contributed by atoms with van der Waals surface area (Å²) >= 11 is 1.20. The minimum Gasteiger partial charge on any atom is -0.382 e. The maximum atomic E-state index is 12.0. The van der Waals surface area contributed by atoms with Crippen molar-refractivity contribution >= 4 is 23.2 Å². The van der Waals surface area contributed by atoms with E-state index in [-0.39, 0.29) is 6.54 Å². The normalized spacial score (nSPS) is 12.8. The number of thiophene rings is 1. The van der Waals surface area contributed by atoms with Crippen LogP contribution in [0.15, 0.2) is 17.5 Å². The van der Waals surface area contributed by atoms with Crippen molar-refractivity contribution in [2.75, 3.05) is 20.1 Å². The zero-order valence-corrected chi connectivity index (χ0v) is 11.3. The van der Waals surface area contributed by atoms with Gasteiger partial charge in [0.05, 0.1) is 18.0 Å². The van der Waals surface area contributed by atoms with Gasteiger partial charge in [0.25, 0.3) is 5.91 Å². The summed E-state index contributed by atoms with van der Waals surface area (Å²) in [4.78, 5) is 24.7. The van der Waals surface area contributed by atoms with Crippen LogP contribution in [-0.2, 0) is 4.79 Å². The number of aliphatic hydroxyl groups excluding tert-OH is 1. The molecule has 112 valence electrons. The van der Waals surface area contributed by atoms with Gasteiger partial charge in [-0.25, -0.2) is 0 Å². The summed E-state index contributed by atoms with van der Waals surface area (Å²) in [5.74, 6) is -1.17. The Morgan fingerprint density at radius 2 is 2.15 bits per heavy atom. The second-order valence-electron chi connectivity index (χ2n) is 4.00. The van der Waals surface area contributed by atoms with Gasteiger partial charge in [0.2, 0.25) is 5.91 Å². The average molecular weight is 310 g/mol. The third-order valence-electron chi connectivity index (χ3n) is 2.33. The van der Waals surface area contributed by atoms with Crippen LogP contribution in [0.2, 0.25) is 0 Å². The fourth-order valence-corrected chi connectivity index (χ4v) is 1.98. The van der Waals surface area contributed by atoms with E-state index in [1.165, 1.54) is 18.4 Å². The Labute approximate surface area is 117 Å². The first-order chi connectivity index (χ1) is 9.21.